The van der Waals surface area contributed by atoms with Crippen molar-refractivity contribution in [2.45, 2.75) is 19.8 Å². The second kappa shape index (κ2) is 8.97. The van der Waals surface area contributed by atoms with E-state index in [4.69, 9.17) is 0 Å². The molecule has 1 aliphatic heterocycles. The van der Waals surface area contributed by atoms with Crippen molar-refractivity contribution in [1.29, 1.82) is 5.26 Å². The number of nitrogens with one attached hydrogen (secondary N) is 1. The van der Waals surface area contributed by atoms with Crippen LogP contribution >= 0.6 is 0 Å². The highest BCUT2D eigenvalue weighted by atomic mass is 16.6. The second-order valence-corrected chi connectivity index (χ2v) is 7.04. The molecule has 0 radical (unpaired) electrons. The highest BCUT2D eigenvalue weighted by Crippen LogP contribution is 2.31. The minimum atomic E-state index is -0.592. The van der Waals surface area contributed by atoms with Crippen LogP contribution in [0, 0.1) is 27.4 Å². The average Bonchev–Trinajstić information content (AvgIpc) is 2.73. The first-order valence-electron chi connectivity index (χ1n) is 9.34. The van der Waals surface area contributed by atoms with Gasteiger partial charge in [0.1, 0.15) is 11.6 Å². The van der Waals surface area contributed by atoms with Gasteiger partial charge in [0.15, 0.2) is 0 Å². The minimum absolute atomic E-state index is 0.0877. The molecule has 3 rings (SSSR count). The van der Waals surface area contributed by atoms with Crippen LogP contribution in [0.4, 0.5) is 17.1 Å². The van der Waals surface area contributed by atoms with Crippen molar-refractivity contribution in [3.8, 4) is 6.07 Å². The number of aromatic nitrogens is 1. The molecule has 8 nitrogen and oxygen atoms in total. The van der Waals surface area contributed by atoms with Gasteiger partial charge in [-0.15, -0.1) is 0 Å². The van der Waals surface area contributed by atoms with Crippen molar-refractivity contribution in [3.05, 3.63) is 64.0 Å². The van der Waals surface area contributed by atoms with Gasteiger partial charge in [0.25, 0.3) is 11.6 Å². The highest BCUT2D eigenvalue weighted by molar-refractivity contribution is 6.10. The Labute approximate surface area is 168 Å². The summed E-state index contributed by atoms with van der Waals surface area (Å²) in [6.07, 6.45) is 6.50. The number of nitro groups is 1. The average molecular weight is 391 g/mol. The molecule has 1 saturated heterocycles. The maximum Gasteiger partial charge on any atom is 0.270 e. The SMILES string of the molecule is CC1CCN(c2ccc([N+](=O)[O-])cc2/C=C(\C#N)C(=O)Nc2cccnc2)CC1. The number of rotatable bonds is 5. The van der Waals surface area contributed by atoms with Gasteiger partial charge >= 0.3 is 0 Å². The molecule has 0 unspecified atom stereocenters. The van der Waals surface area contributed by atoms with Gasteiger partial charge in [0.2, 0.25) is 0 Å². The van der Waals surface area contributed by atoms with Gasteiger partial charge < -0.3 is 10.2 Å². The summed E-state index contributed by atoms with van der Waals surface area (Å²) >= 11 is 0. The van der Waals surface area contributed by atoms with Gasteiger partial charge in [0.05, 0.1) is 16.8 Å². The van der Waals surface area contributed by atoms with E-state index in [1.54, 1.807) is 24.4 Å². The van der Waals surface area contributed by atoms with Gasteiger partial charge in [-0.05, 0) is 43.0 Å². The van der Waals surface area contributed by atoms with Crippen molar-refractivity contribution in [2.75, 3.05) is 23.3 Å². The van der Waals surface area contributed by atoms with Crippen molar-refractivity contribution in [2.24, 2.45) is 5.92 Å². The van der Waals surface area contributed by atoms with Crippen LogP contribution in [0.2, 0.25) is 0 Å². The number of carbonyl (C=O) groups excluding carboxylic acids is 1. The van der Waals surface area contributed by atoms with Crippen molar-refractivity contribution >= 4 is 29.0 Å². The normalized spacial score (nSPS) is 14.9. The van der Waals surface area contributed by atoms with E-state index in [0.717, 1.165) is 31.6 Å². The number of amides is 1. The number of nitriles is 1. The summed E-state index contributed by atoms with van der Waals surface area (Å²) in [7, 11) is 0. The number of carbonyl (C=O) groups is 1. The van der Waals surface area contributed by atoms with Crippen LogP contribution in [-0.2, 0) is 4.79 Å². The third kappa shape index (κ3) is 4.96. The van der Waals surface area contributed by atoms with Gasteiger partial charge in [-0.1, -0.05) is 6.92 Å². The summed E-state index contributed by atoms with van der Waals surface area (Å²) in [4.78, 5) is 29.3. The summed E-state index contributed by atoms with van der Waals surface area (Å²) < 4.78 is 0. The molecule has 1 aromatic heterocycles. The molecule has 148 valence electrons. The molecule has 2 heterocycles. The fourth-order valence-electron chi connectivity index (χ4n) is 3.25. The van der Waals surface area contributed by atoms with Crippen LogP contribution in [0.3, 0.4) is 0 Å². The smallest absolute Gasteiger partial charge is 0.270 e. The Morgan fingerprint density at radius 2 is 2.14 bits per heavy atom. The molecule has 0 atom stereocenters. The van der Waals surface area contributed by atoms with E-state index >= 15 is 0 Å². The lowest BCUT2D eigenvalue weighted by Gasteiger charge is -2.33. The predicted octanol–water partition coefficient (Wildman–Crippen LogP) is 3.77. The standard InChI is InChI=1S/C21H21N5O3/c1-15-6-9-25(10-7-15)20-5-4-19(26(28)29)12-16(20)11-17(13-22)21(27)24-18-3-2-8-23-14-18/h2-5,8,11-12,14-15H,6-7,9-10H2,1H3,(H,24,27)/b17-11+. The predicted molar refractivity (Wildman–Crippen MR) is 110 cm³/mol. The fourth-order valence-corrected chi connectivity index (χ4v) is 3.25. The molecule has 8 heteroatoms. The zero-order valence-corrected chi connectivity index (χ0v) is 16.0. The molecule has 1 aliphatic rings. The molecule has 0 bridgehead atoms. The highest BCUT2D eigenvalue weighted by Gasteiger charge is 2.21. The Balaban J connectivity index is 1.95. The fraction of sp³-hybridized carbons (Fsp3) is 0.286. The molecular formula is C21H21N5O3. The number of hydrogen-bond donors (Lipinski definition) is 1. The molecular weight excluding hydrogens is 370 g/mol. The third-order valence-corrected chi connectivity index (χ3v) is 4.93. The molecule has 1 aromatic carbocycles. The number of non-ortho nitro benzene ring substituents is 1. The lowest BCUT2D eigenvalue weighted by molar-refractivity contribution is -0.384. The number of piperidine rings is 1. The quantitative estimate of drug-likeness (QED) is 0.359. The third-order valence-electron chi connectivity index (χ3n) is 4.93. The number of nitrogens with zero attached hydrogens (tertiary/aromatic N) is 4. The Morgan fingerprint density at radius 3 is 2.76 bits per heavy atom. The zero-order chi connectivity index (χ0) is 20.8. The molecule has 1 N–H and O–H groups in total. The van der Waals surface area contributed by atoms with Crippen molar-refractivity contribution in [1.82, 2.24) is 4.98 Å². The Morgan fingerprint density at radius 1 is 1.38 bits per heavy atom. The molecule has 29 heavy (non-hydrogen) atoms. The van der Waals surface area contributed by atoms with Crippen molar-refractivity contribution in [3.63, 3.8) is 0 Å². The first kappa shape index (κ1) is 20.0. The van der Waals surface area contributed by atoms with Gasteiger partial charge in [0, 0.05) is 42.7 Å². The van der Waals surface area contributed by atoms with Crippen LogP contribution in [0.15, 0.2) is 48.3 Å². The van der Waals surface area contributed by atoms with Crippen molar-refractivity contribution < 1.29 is 9.72 Å². The van der Waals surface area contributed by atoms with E-state index in [-0.39, 0.29) is 11.3 Å². The van der Waals surface area contributed by atoms with Gasteiger partial charge in [-0.25, -0.2) is 0 Å². The monoisotopic (exact) mass is 391 g/mol. The molecule has 0 saturated carbocycles. The van der Waals surface area contributed by atoms with Gasteiger partial charge in [-0.3, -0.25) is 19.9 Å². The zero-order valence-electron chi connectivity index (χ0n) is 16.0. The minimum Gasteiger partial charge on any atom is -0.371 e. The summed E-state index contributed by atoms with van der Waals surface area (Å²) in [5.74, 6) is 0.0356. The molecule has 2 aromatic rings. The molecule has 1 fully saturated rings. The Kier molecular flexibility index (Phi) is 6.19. The van der Waals surface area contributed by atoms with E-state index in [9.17, 15) is 20.2 Å². The second-order valence-electron chi connectivity index (χ2n) is 7.04. The summed E-state index contributed by atoms with van der Waals surface area (Å²) in [6.45, 7) is 3.84. The first-order chi connectivity index (χ1) is 14.0. The van der Waals surface area contributed by atoms with Crippen LogP contribution in [-0.4, -0.2) is 28.9 Å². The number of pyridine rings is 1. The van der Waals surface area contributed by atoms with Crippen LogP contribution in [0.1, 0.15) is 25.3 Å². The maximum absolute atomic E-state index is 12.5. The van der Waals surface area contributed by atoms with E-state index in [1.165, 1.54) is 24.4 Å². The number of benzene rings is 1. The molecule has 1 amide bonds. The summed E-state index contributed by atoms with van der Waals surface area (Å²) in [5.41, 5.74) is 1.50. The lowest BCUT2D eigenvalue weighted by Crippen LogP contribution is -2.33. The summed E-state index contributed by atoms with van der Waals surface area (Å²) in [6, 6.07) is 9.77. The molecule has 0 aliphatic carbocycles. The van der Waals surface area contributed by atoms with Gasteiger partial charge in [-0.2, -0.15) is 5.26 Å². The van der Waals surface area contributed by atoms with E-state index < -0.39 is 10.8 Å². The molecule has 0 spiro atoms. The first-order valence-corrected chi connectivity index (χ1v) is 9.34. The maximum atomic E-state index is 12.5. The lowest BCUT2D eigenvalue weighted by atomic mass is 9.97. The van der Waals surface area contributed by atoms with Crippen LogP contribution in [0.5, 0.6) is 0 Å². The Bertz CT molecular complexity index is 974. The largest absolute Gasteiger partial charge is 0.371 e. The number of anilines is 2. The number of hydrogen-bond acceptors (Lipinski definition) is 6. The Hall–Kier alpha value is -3.73. The van der Waals surface area contributed by atoms with E-state index in [1.807, 2.05) is 6.07 Å². The number of nitro benzene ring substituents is 1. The van der Waals surface area contributed by atoms with Crippen LogP contribution < -0.4 is 10.2 Å². The topological polar surface area (TPSA) is 112 Å². The van der Waals surface area contributed by atoms with E-state index in [2.05, 4.69) is 22.1 Å². The van der Waals surface area contributed by atoms with Crippen LogP contribution in [0.25, 0.3) is 6.08 Å². The van der Waals surface area contributed by atoms with E-state index in [0.29, 0.717) is 17.2 Å². The summed E-state index contributed by atoms with van der Waals surface area (Å²) in [5, 5.41) is 23.4.